The predicted molar refractivity (Wildman–Crippen MR) is 54.4 cm³/mol. The molecule has 0 spiro atoms. The van der Waals surface area contributed by atoms with Gasteiger partial charge in [-0.2, -0.15) is 0 Å². The fourth-order valence-corrected chi connectivity index (χ4v) is 1.60. The first-order valence-corrected chi connectivity index (χ1v) is 4.85. The molecule has 1 aromatic rings. The Morgan fingerprint density at radius 2 is 2.13 bits per heavy atom. The lowest BCUT2D eigenvalue weighted by molar-refractivity contribution is -0.732. The lowest BCUT2D eigenvalue weighted by Crippen LogP contribution is -2.43. The average Bonchev–Trinajstić information content (AvgIpc) is 2.30. The number of nitrogens with zero attached hydrogens (tertiary/aromatic N) is 3. The van der Waals surface area contributed by atoms with Gasteiger partial charge in [-0.3, -0.25) is 0 Å². The first-order chi connectivity index (χ1) is 7.27. The molecular weight excluding hydrogens is 196 g/mol. The zero-order chi connectivity index (χ0) is 10.7. The molecule has 1 fully saturated rings. The van der Waals surface area contributed by atoms with Gasteiger partial charge in [0, 0.05) is 32.2 Å². The van der Waals surface area contributed by atoms with Gasteiger partial charge in [-0.15, -0.1) is 0 Å². The summed E-state index contributed by atoms with van der Waals surface area (Å²) in [6.45, 7) is 3.77. The number of hydrogen-bond donors (Lipinski definition) is 2. The van der Waals surface area contributed by atoms with Crippen molar-refractivity contribution in [3.8, 4) is 0 Å². The van der Waals surface area contributed by atoms with Crippen molar-refractivity contribution >= 4 is 11.5 Å². The van der Waals surface area contributed by atoms with Crippen LogP contribution in [0.3, 0.4) is 0 Å². The Balaban J connectivity index is 2.11. The molecule has 6 nitrogen and oxygen atoms in total. The van der Waals surface area contributed by atoms with Crippen LogP contribution in [0.1, 0.15) is 0 Å². The number of hydrogen-bond acceptors (Lipinski definition) is 4. The minimum Gasteiger partial charge on any atom is -0.366 e. The highest BCUT2D eigenvalue weighted by molar-refractivity contribution is 5.46. The van der Waals surface area contributed by atoms with Crippen LogP contribution in [-0.2, 0) is 0 Å². The molecule has 15 heavy (non-hydrogen) atoms. The molecule has 0 amide bonds. The fourth-order valence-electron chi connectivity index (χ4n) is 1.60. The lowest BCUT2D eigenvalue weighted by Gasteiger charge is -2.28. The first-order valence-electron chi connectivity index (χ1n) is 4.85. The van der Waals surface area contributed by atoms with E-state index in [1.165, 1.54) is 6.07 Å². The molecule has 1 aliphatic rings. The molecule has 2 N–H and O–H groups in total. The third-order valence-electron chi connectivity index (χ3n) is 2.41. The number of anilines is 1. The van der Waals surface area contributed by atoms with E-state index in [2.05, 4.69) is 15.2 Å². The van der Waals surface area contributed by atoms with Crippen LogP contribution in [0, 0.1) is 4.91 Å². The molecule has 6 heteroatoms. The van der Waals surface area contributed by atoms with Crippen LogP contribution in [0.5, 0.6) is 0 Å². The van der Waals surface area contributed by atoms with Gasteiger partial charge in [-0.05, 0) is 16.0 Å². The Bertz CT molecular complexity index is 346. The van der Waals surface area contributed by atoms with Crippen molar-refractivity contribution in [3.63, 3.8) is 0 Å². The molecule has 0 unspecified atom stereocenters. The Labute approximate surface area is 87.1 Å². The Hall–Kier alpha value is -1.69. The SMILES string of the molecule is O=[N+](O)c1ccc(N2CCNCC2)cn1. The summed E-state index contributed by atoms with van der Waals surface area (Å²) in [5.74, 6) is 0.00823. The molecule has 2 rings (SSSR count). The van der Waals surface area contributed by atoms with Crippen molar-refractivity contribution in [2.45, 2.75) is 0 Å². The third-order valence-corrected chi connectivity index (χ3v) is 2.41. The number of aromatic nitrogens is 1. The zero-order valence-corrected chi connectivity index (χ0v) is 8.26. The summed E-state index contributed by atoms with van der Waals surface area (Å²) in [5, 5.41) is 11.9. The molecule has 0 aromatic carbocycles. The predicted octanol–water partition coefficient (Wildman–Crippen LogP) is 0.291. The van der Waals surface area contributed by atoms with Gasteiger partial charge in [0.25, 0.3) is 0 Å². The molecule has 1 aliphatic heterocycles. The van der Waals surface area contributed by atoms with E-state index in [0.29, 0.717) is 0 Å². The topological polar surface area (TPSA) is 68.5 Å². The summed E-state index contributed by atoms with van der Waals surface area (Å²) >= 11 is 0. The van der Waals surface area contributed by atoms with Crippen LogP contribution in [0.25, 0.3) is 0 Å². The van der Waals surface area contributed by atoms with Gasteiger partial charge in [-0.1, -0.05) is 0 Å². The second kappa shape index (κ2) is 4.22. The minimum atomic E-state index is -0.235. The second-order valence-corrected chi connectivity index (χ2v) is 3.38. The van der Waals surface area contributed by atoms with Gasteiger partial charge < -0.3 is 15.4 Å². The van der Waals surface area contributed by atoms with E-state index in [0.717, 1.165) is 31.9 Å². The molecule has 2 heterocycles. The van der Waals surface area contributed by atoms with Crippen molar-refractivity contribution < 1.29 is 10.1 Å². The Morgan fingerprint density at radius 3 is 2.67 bits per heavy atom. The lowest BCUT2D eigenvalue weighted by atomic mass is 10.3. The number of rotatable bonds is 2. The van der Waals surface area contributed by atoms with E-state index in [4.69, 9.17) is 5.21 Å². The van der Waals surface area contributed by atoms with Crippen molar-refractivity contribution in [2.75, 3.05) is 31.1 Å². The highest BCUT2D eigenvalue weighted by atomic mass is 16.6. The van der Waals surface area contributed by atoms with Crippen molar-refractivity contribution in [2.24, 2.45) is 0 Å². The molecule has 0 saturated carbocycles. The molecule has 80 valence electrons. The summed E-state index contributed by atoms with van der Waals surface area (Å²) in [7, 11) is 0. The van der Waals surface area contributed by atoms with Gasteiger partial charge in [0.05, 0.1) is 5.69 Å². The van der Waals surface area contributed by atoms with Crippen LogP contribution in [0.15, 0.2) is 18.3 Å². The molecule has 0 radical (unpaired) electrons. The maximum Gasteiger partial charge on any atom is 0.408 e. The van der Waals surface area contributed by atoms with E-state index in [-0.39, 0.29) is 10.7 Å². The smallest absolute Gasteiger partial charge is 0.366 e. The maximum atomic E-state index is 10.5. The monoisotopic (exact) mass is 209 g/mol. The van der Waals surface area contributed by atoms with Crippen LogP contribution in [0.4, 0.5) is 11.5 Å². The number of nitrogens with one attached hydrogen (secondary N) is 1. The van der Waals surface area contributed by atoms with Gasteiger partial charge >= 0.3 is 5.82 Å². The molecular formula is C9H13N4O2+. The number of piperazine rings is 1. The van der Waals surface area contributed by atoms with Crippen molar-refractivity contribution in [1.29, 1.82) is 0 Å². The van der Waals surface area contributed by atoms with E-state index in [1.807, 2.05) is 0 Å². The van der Waals surface area contributed by atoms with Gasteiger partial charge in [0.1, 0.15) is 0 Å². The normalized spacial score (nSPS) is 16.4. The highest BCUT2D eigenvalue weighted by Crippen LogP contribution is 2.16. The summed E-state index contributed by atoms with van der Waals surface area (Å²) < 4.78 is 0. The summed E-state index contributed by atoms with van der Waals surface area (Å²) in [6, 6.07) is 3.29. The van der Waals surface area contributed by atoms with E-state index < -0.39 is 0 Å². The molecule has 0 bridgehead atoms. The van der Waals surface area contributed by atoms with Crippen molar-refractivity contribution in [3.05, 3.63) is 23.2 Å². The second-order valence-electron chi connectivity index (χ2n) is 3.38. The van der Waals surface area contributed by atoms with Crippen molar-refractivity contribution in [1.82, 2.24) is 10.3 Å². The number of pyridine rings is 1. The highest BCUT2D eigenvalue weighted by Gasteiger charge is 2.15. The maximum absolute atomic E-state index is 10.5. The Kier molecular flexibility index (Phi) is 2.77. The summed E-state index contributed by atoms with van der Waals surface area (Å²) in [4.78, 5) is 16.3. The van der Waals surface area contributed by atoms with Crippen LogP contribution < -0.4 is 10.2 Å². The molecule has 1 saturated heterocycles. The summed E-state index contributed by atoms with van der Waals surface area (Å²) in [6.07, 6.45) is 1.60. The van der Waals surface area contributed by atoms with Crippen LogP contribution in [-0.4, -0.2) is 41.3 Å². The average molecular weight is 209 g/mol. The van der Waals surface area contributed by atoms with Crippen LogP contribution in [0.2, 0.25) is 0 Å². The van der Waals surface area contributed by atoms with Gasteiger partial charge in [0.2, 0.25) is 0 Å². The summed E-state index contributed by atoms with van der Waals surface area (Å²) in [5.41, 5.74) is 0.974. The Morgan fingerprint density at radius 1 is 1.40 bits per heavy atom. The standard InChI is InChI=1S/C9H13N4O2/c14-13(15)9-2-1-8(7-11-9)12-5-3-10-4-6-12/h1-2,7,10H,3-6H2,(H,14,15)/q+1. The quantitative estimate of drug-likeness (QED) is 0.685. The molecule has 0 atom stereocenters. The van der Waals surface area contributed by atoms with E-state index >= 15 is 0 Å². The first kappa shape index (κ1) is 9.85. The van der Waals surface area contributed by atoms with E-state index in [1.54, 1.807) is 12.3 Å². The fraction of sp³-hybridized carbons (Fsp3) is 0.444. The third kappa shape index (κ3) is 2.21. The molecule has 1 aromatic heterocycles. The van der Waals surface area contributed by atoms with Crippen LogP contribution >= 0.6 is 0 Å². The molecule has 0 aliphatic carbocycles. The minimum absolute atomic E-state index is 0.00823. The van der Waals surface area contributed by atoms with E-state index in [9.17, 15) is 4.91 Å². The largest absolute Gasteiger partial charge is 0.408 e. The van der Waals surface area contributed by atoms with Gasteiger partial charge in [-0.25, -0.2) is 0 Å². The van der Waals surface area contributed by atoms with Gasteiger partial charge in [0.15, 0.2) is 11.1 Å². The zero-order valence-electron chi connectivity index (χ0n) is 8.26.